The van der Waals surface area contributed by atoms with Crippen LogP contribution in [0, 0.1) is 0 Å². The van der Waals surface area contributed by atoms with Crippen LogP contribution < -0.4 is 10.6 Å². The van der Waals surface area contributed by atoms with Gasteiger partial charge in [0.05, 0.1) is 16.7 Å². The van der Waals surface area contributed by atoms with E-state index >= 15 is 0 Å². The van der Waals surface area contributed by atoms with Crippen molar-refractivity contribution < 1.29 is 13.2 Å². The number of amides is 1. The number of carbonyl (C=O) groups is 1. The molecule has 0 spiro atoms. The minimum atomic E-state index is -3.18. The molecule has 0 aromatic heterocycles. The van der Waals surface area contributed by atoms with Crippen molar-refractivity contribution >= 4 is 15.7 Å². The van der Waals surface area contributed by atoms with Crippen molar-refractivity contribution in [2.24, 2.45) is 0 Å². The second kappa shape index (κ2) is 5.77. The topological polar surface area (TPSA) is 75.3 Å². The summed E-state index contributed by atoms with van der Waals surface area (Å²) >= 11 is 0. The van der Waals surface area contributed by atoms with E-state index in [0.29, 0.717) is 11.3 Å². The van der Waals surface area contributed by atoms with Gasteiger partial charge >= 0.3 is 0 Å². The summed E-state index contributed by atoms with van der Waals surface area (Å²) in [6.07, 6.45) is 3.32. The van der Waals surface area contributed by atoms with E-state index in [-0.39, 0.29) is 23.7 Å². The Morgan fingerprint density at radius 1 is 1.10 bits per heavy atom. The second-order valence-electron chi connectivity index (χ2n) is 5.70. The molecule has 21 heavy (non-hydrogen) atoms. The van der Waals surface area contributed by atoms with Gasteiger partial charge in [-0.3, -0.25) is 10.1 Å². The van der Waals surface area contributed by atoms with Gasteiger partial charge in [0.2, 0.25) is 5.91 Å². The lowest BCUT2D eigenvalue weighted by Gasteiger charge is -2.29. The summed E-state index contributed by atoms with van der Waals surface area (Å²) in [4.78, 5) is 12.4. The molecule has 1 aromatic carbocycles. The number of rotatable bonds is 2. The summed E-state index contributed by atoms with van der Waals surface area (Å²) < 4.78 is 24.2. The maximum absolute atomic E-state index is 12.1. The Labute approximate surface area is 125 Å². The molecule has 1 amide bonds. The molecular weight excluding hydrogens is 288 g/mol. The molecule has 2 heterocycles. The van der Waals surface area contributed by atoms with Crippen LogP contribution in [0.1, 0.15) is 37.3 Å². The summed E-state index contributed by atoms with van der Waals surface area (Å²) in [7, 11) is -3.18. The van der Waals surface area contributed by atoms with Crippen LogP contribution in [0.3, 0.4) is 0 Å². The maximum atomic E-state index is 12.1. The molecule has 2 N–H and O–H groups in total. The van der Waals surface area contributed by atoms with Crippen molar-refractivity contribution in [3.05, 3.63) is 29.8 Å². The van der Waals surface area contributed by atoms with Gasteiger partial charge in [-0.25, -0.2) is 8.42 Å². The monoisotopic (exact) mass is 308 g/mol. The van der Waals surface area contributed by atoms with Gasteiger partial charge in [-0.1, -0.05) is 18.2 Å². The highest BCUT2D eigenvalue weighted by Gasteiger charge is 2.32. The molecule has 3 rings (SSSR count). The standard InChI is InChI=1S/C15H20N2O3S/c18-15-13(6-3-4-9-16-15)17-12-8-10-21(19,20)14-7-2-1-5-11(12)14/h1-2,5,7,12-13,17H,3-4,6,8-10H2,(H,16,18). The molecule has 2 aliphatic heterocycles. The molecule has 1 fully saturated rings. The zero-order chi connectivity index (χ0) is 14.9. The Morgan fingerprint density at radius 2 is 1.90 bits per heavy atom. The molecule has 1 aromatic rings. The van der Waals surface area contributed by atoms with Gasteiger partial charge in [0.25, 0.3) is 0 Å². The van der Waals surface area contributed by atoms with Gasteiger partial charge < -0.3 is 5.32 Å². The SMILES string of the molecule is O=C1NCCCCC1NC1CCS(=O)(=O)c2ccccc21. The van der Waals surface area contributed by atoms with Crippen LogP contribution in [0.4, 0.5) is 0 Å². The summed E-state index contributed by atoms with van der Waals surface area (Å²) in [5.41, 5.74) is 0.792. The highest BCUT2D eigenvalue weighted by Crippen LogP contribution is 2.32. The first-order chi connectivity index (χ1) is 10.1. The molecular formula is C15H20N2O3S. The highest BCUT2D eigenvalue weighted by atomic mass is 32.2. The largest absolute Gasteiger partial charge is 0.355 e. The third-order valence-corrected chi connectivity index (χ3v) is 6.06. The molecule has 2 aliphatic rings. The number of fused-ring (bicyclic) bond motifs is 1. The van der Waals surface area contributed by atoms with Crippen LogP contribution in [0.2, 0.25) is 0 Å². The highest BCUT2D eigenvalue weighted by molar-refractivity contribution is 7.91. The Morgan fingerprint density at radius 3 is 2.76 bits per heavy atom. The van der Waals surface area contributed by atoms with Crippen molar-refractivity contribution in [3.8, 4) is 0 Å². The molecule has 6 heteroatoms. The fourth-order valence-electron chi connectivity index (χ4n) is 3.10. The van der Waals surface area contributed by atoms with Gasteiger partial charge in [0.1, 0.15) is 0 Å². The quantitative estimate of drug-likeness (QED) is 0.860. The molecule has 2 unspecified atom stereocenters. The van der Waals surface area contributed by atoms with Crippen molar-refractivity contribution in [1.29, 1.82) is 0 Å². The van der Waals surface area contributed by atoms with Crippen LogP contribution in [-0.2, 0) is 14.6 Å². The van der Waals surface area contributed by atoms with Gasteiger partial charge in [0, 0.05) is 12.6 Å². The van der Waals surface area contributed by atoms with Crippen molar-refractivity contribution in [2.75, 3.05) is 12.3 Å². The molecule has 0 saturated carbocycles. The van der Waals surface area contributed by atoms with Crippen LogP contribution in [0.25, 0.3) is 0 Å². The fourth-order valence-corrected chi connectivity index (χ4v) is 4.73. The number of hydrogen-bond donors (Lipinski definition) is 2. The third kappa shape index (κ3) is 2.96. The van der Waals surface area contributed by atoms with E-state index in [1.807, 2.05) is 12.1 Å². The smallest absolute Gasteiger partial charge is 0.237 e. The Balaban J connectivity index is 1.85. The van der Waals surface area contributed by atoms with Crippen LogP contribution in [0.5, 0.6) is 0 Å². The van der Waals surface area contributed by atoms with Crippen LogP contribution in [0.15, 0.2) is 29.2 Å². The van der Waals surface area contributed by atoms with Gasteiger partial charge in [-0.15, -0.1) is 0 Å². The first-order valence-electron chi connectivity index (χ1n) is 7.43. The predicted octanol–water partition coefficient (Wildman–Crippen LogP) is 1.16. The number of benzene rings is 1. The Bertz CT molecular complexity index is 642. The van der Waals surface area contributed by atoms with Gasteiger partial charge in [-0.05, 0) is 37.3 Å². The van der Waals surface area contributed by atoms with E-state index in [2.05, 4.69) is 10.6 Å². The van der Waals surface area contributed by atoms with Crippen molar-refractivity contribution in [1.82, 2.24) is 10.6 Å². The Kier molecular flexibility index (Phi) is 3.99. The van der Waals surface area contributed by atoms with Gasteiger partial charge in [0.15, 0.2) is 9.84 Å². The predicted molar refractivity (Wildman–Crippen MR) is 79.6 cm³/mol. The minimum Gasteiger partial charge on any atom is -0.355 e. The zero-order valence-corrected chi connectivity index (χ0v) is 12.7. The third-order valence-electron chi connectivity index (χ3n) is 4.24. The Hall–Kier alpha value is -1.40. The maximum Gasteiger partial charge on any atom is 0.237 e. The van der Waals surface area contributed by atoms with E-state index in [9.17, 15) is 13.2 Å². The first kappa shape index (κ1) is 14.5. The van der Waals surface area contributed by atoms with Crippen molar-refractivity contribution in [3.63, 3.8) is 0 Å². The average molecular weight is 308 g/mol. The average Bonchev–Trinajstić information content (AvgIpc) is 2.67. The molecule has 1 saturated heterocycles. The first-order valence-corrected chi connectivity index (χ1v) is 9.08. The lowest BCUT2D eigenvalue weighted by Crippen LogP contribution is -2.45. The van der Waals surface area contributed by atoms with Crippen molar-refractivity contribution in [2.45, 2.75) is 42.7 Å². The molecule has 114 valence electrons. The van der Waals surface area contributed by atoms with E-state index in [1.54, 1.807) is 12.1 Å². The number of nitrogens with one attached hydrogen (secondary N) is 2. The molecule has 0 bridgehead atoms. The van der Waals surface area contributed by atoms with Crippen LogP contribution in [-0.4, -0.2) is 32.7 Å². The number of hydrogen-bond acceptors (Lipinski definition) is 4. The number of carbonyl (C=O) groups excluding carboxylic acids is 1. The lowest BCUT2D eigenvalue weighted by atomic mass is 10.0. The van der Waals surface area contributed by atoms with E-state index in [0.717, 1.165) is 31.4 Å². The normalized spacial score (nSPS) is 28.3. The molecule has 5 nitrogen and oxygen atoms in total. The lowest BCUT2D eigenvalue weighted by molar-refractivity contribution is -0.123. The van der Waals surface area contributed by atoms with Crippen LogP contribution >= 0.6 is 0 Å². The van der Waals surface area contributed by atoms with E-state index in [4.69, 9.17) is 0 Å². The summed E-state index contributed by atoms with van der Waals surface area (Å²) in [6.45, 7) is 0.729. The zero-order valence-electron chi connectivity index (χ0n) is 11.8. The summed E-state index contributed by atoms with van der Waals surface area (Å²) in [5, 5.41) is 6.27. The van der Waals surface area contributed by atoms with E-state index in [1.165, 1.54) is 0 Å². The number of sulfone groups is 1. The summed E-state index contributed by atoms with van der Waals surface area (Å²) in [5.74, 6) is 0.161. The minimum absolute atomic E-state index is 0.0263. The second-order valence-corrected chi connectivity index (χ2v) is 7.78. The van der Waals surface area contributed by atoms with E-state index < -0.39 is 9.84 Å². The molecule has 0 aliphatic carbocycles. The van der Waals surface area contributed by atoms with Gasteiger partial charge in [-0.2, -0.15) is 0 Å². The summed E-state index contributed by atoms with van der Waals surface area (Å²) in [6, 6.07) is 6.80. The fraction of sp³-hybridized carbons (Fsp3) is 0.533. The molecule has 0 radical (unpaired) electrons. The molecule has 2 atom stereocenters.